The van der Waals surface area contributed by atoms with Gasteiger partial charge < -0.3 is 16.2 Å². The van der Waals surface area contributed by atoms with Gasteiger partial charge in [-0.05, 0) is 48.5 Å². The van der Waals surface area contributed by atoms with E-state index in [1.54, 1.807) is 42.5 Å². The van der Waals surface area contributed by atoms with Crippen molar-refractivity contribution in [2.75, 3.05) is 5.32 Å². The van der Waals surface area contributed by atoms with Crippen LogP contribution in [0.2, 0.25) is 0 Å². The van der Waals surface area contributed by atoms with Crippen LogP contribution in [0.4, 0.5) is 15.8 Å². The molecule has 0 saturated heterocycles. The summed E-state index contributed by atoms with van der Waals surface area (Å²) in [5.74, 6) is -1.95. The molecule has 0 bridgehead atoms. The zero-order valence-corrected chi connectivity index (χ0v) is 17.1. The Balaban J connectivity index is 0.000000182. The van der Waals surface area contributed by atoms with Crippen LogP contribution in [0.1, 0.15) is 32.4 Å². The number of carboxylic acids is 1. The lowest BCUT2D eigenvalue weighted by atomic mass is 10.2. The lowest BCUT2D eigenvalue weighted by molar-refractivity contribution is 0.0696. The standard InChI is InChI=1S/C13H10FNO2.C11H10N2O2/c14-10-2-1-3-12(8-10)15-11-6-4-9(5-7-11)13(16)17;1-7(14)13-6-9(11(12)15)8-4-2-3-5-10(8)13/h1-8,15H,(H,16,17);2-6H,1H3,(H2,12,15). The summed E-state index contributed by atoms with van der Waals surface area (Å²) in [7, 11) is 0. The molecule has 0 aliphatic carbocycles. The number of para-hydroxylation sites is 1. The number of carboxylic acid groups (broad SMARTS) is 1. The van der Waals surface area contributed by atoms with E-state index >= 15 is 0 Å². The first-order valence-corrected chi connectivity index (χ1v) is 9.53. The topological polar surface area (TPSA) is 114 Å². The van der Waals surface area contributed by atoms with Gasteiger partial charge in [0.05, 0.1) is 16.6 Å². The number of hydrogen-bond donors (Lipinski definition) is 3. The molecule has 8 heteroatoms. The third kappa shape index (κ3) is 5.17. The van der Waals surface area contributed by atoms with Gasteiger partial charge in [0.1, 0.15) is 5.82 Å². The molecule has 0 spiro atoms. The van der Waals surface area contributed by atoms with Crippen molar-refractivity contribution < 1.29 is 23.9 Å². The second-order valence-corrected chi connectivity index (χ2v) is 6.83. The smallest absolute Gasteiger partial charge is 0.335 e. The molecule has 162 valence electrons. The molecule has 4 aromatic rings. The third-order valence-corrected chi connectivity index (χ3v) is 4.56. The maximum atomic E-state index is 12.9. The molecular weight excluding hydrogens is 413 g/mol. The molecule has 1 aromatic heterocycles. The molecular formula is C24H20FN3O4. The van der Waals surface area contributed by atoms with Crippen LogP contribution in [0, 0.1) is 5.82 Å². The highest BCUT2D eigenvalue weighted by Gasteiger charge is 2.13. The first kappa shape index (κ1) is 22.2. The number of carbonyl (C=O) groups excluding carboxylic acids is 2. The number of carbonyl (C=O) groups is 3. The molecule has 0 saturated carbocycles. The van der Waals surface area contributed by atoms with Crippen molar-refractivity contribution in [1.29, 1.82) is 0 Å². The highest BCUT2D eigenvalue weighted by atomic mass is 19.1. The number of aromatic carboxylic acids is 1. The van der Waals surface area contributed by atoms with Crippen molar-refractivity contribution in [3.05, 3.63) is 95.9 Å². The minimum atomic E-state index is -0.970. The Morgan fingerprint density at radius 2 is 1.62 bits per heavy atom. The number of hydrogen-bond acceptors (Lipinski definition) is 4. The van der Waals surface area contributed by atoms with Gasteiger partial charge in [0.25, 0.3) is 5.91 Å². The first-order valence-electron chi connectivity index (χ1n) is 9.53. The number of nitrogens with zero attached hydrogens (tertiary/aromatic N) is 1. The molecule has 0 fully saturated rings. The lowest BCUT2D eigenvalue weighted by Gasteiger charge is -2.06. The lowest BCUT2D eigenvalue weighted by Crippen LogP contribution is -2.10. The quantitative estimate of drug-likeness (QED) is 0.433. The van der Waals surface area contributed by atoms with Gasteiger partial charge in [-0.2, -0.15) is 0 Å². The van der Waals surface area contributed by atoms with Crippen LogP contribution in [0.25, 0.3) is 10.9 Å². The zero-order valence-electron chi connectivity index (χ0n) is 17.1. The maximum Gasteiger partial charge on any atom is 0.335 e. The number of benzene rings is 3. The van der Waals surface area contributed by atoms with Crippen molar-refractivity contribution in [2.24, 2.45) is 5.73 Å². The van der Waals surface area contributed by atoms with Crippen LogP contribution < -0.4 is 11.1 Å². The van der Waals surface area contributed by atoms with Gasteiger partial charge in [-0.15, -0.1) is 0 Å². The first-order chi connectivity index (χ1) is 15.3. The summed E-state index contributed by atoms with van der Waals surface area (Å²) in [4.78, 5) is 33.1. The summed E-state index contributed by atoms with van der Waals surface area (Å²) in [6.45, 7) is 1.44. The van der Waals surface area contributed by atoms with E-state index in [-0.39, 0.29) is 17.3 Å². The Morgan fingerprint density at radius 3 is 2.22 bits per heavy atom. The number of halogens is 1. The number of amides is 1. The van der Waals surface area contributed by atoms with E-state index in [9.17, 15) is 18.8 Å². The predicted molar refractivity (Wildman–Crippen MR) is 120 cm³/mol. The van der Waals surface area contributed by atoms with Crippen LogP contribution in [-0.2, 0) is 0 Å². The Hall–Kier alpha value is -4.46. The molecule has 4 rings (SSSR count). The number of nitrogens with one attached hydrogen (secondary N) is 1. The van der Waals surface area contributed by atoms with Gasteiger partial charge in [-0.1, -0.05) is 24.3 Å². The Morgan fingerprint density at radius 1 is 0.938 bits per heavy atom. The van der Waals surface area contributed by atoms with Crippen LogP contribution in [0.15, 0.2) is 79.0 Å². The second kappa shape index (κ2) is 9.57. The third-order valence-electron chi connectivity index (χ3n) is 4.56. The van der Waals surface area contributed by atoms with E-state index in [0.29, 0.717) is 27.8 Å². The van der Waals surface area contributed by atoms with Crippen molar-refractivity contribution in [3.63, 3.8) is 0 Å². The van der Waals surface area contributed by atoms with Gasteiger partial charge >= 0.3 is 5.97 Å². The summed E-state index contributed by atoms with van der Waals surface area (Å²) in [6, 6.07) is 19.5. The van der Waals surface area contributed by atoms with Gasteiger partial charge in [-0.25, -0.2) is 9.18 Å². The maximum absolute atomic E-state index is 12.9. The molecule has 4 N–H and O–H groups in total. The highest BCUT2D eigenvalue weighted by Crippen LogP contribution is 2.21. The summed E-state index contributed by atoms with van der Waals surface area (Å²) in [5, 5.41) is 12.4. The van der Waals surface area contributed by atoms with E-state index in [1.807, 2.05) is 6.07 Å². The Kier molecular flexibility index (Phi) is 6.65. The molecule has 3 aromatic carbocycles. The molecule has 1 heterocycles. The summed E-state index contributed by atoms with van der Waals surface area (Å²) in [6.07, 6.45) is 1.48. The molecule has 0 unspecified atom stereocenters. The minimum Gasteiger partial charge on any atom is -0.478 e. The second-order valence-electron chi connectivity index (χ2n) is 6.83. The number of fused-ring (bicyclic) bond motifs is 1. The Labute approximate surface area is 182 Å². The van der Waals surface area contributed by atoms with Gasteiger partial charge in [0.15, 0.2) is 0 Å². The van der Waals surface area contributed by atoms with Crippen molar-refractivity contribution in [2.45, 2.75) is 6.92 Å². The van der Waals surface area contributed by atoms with Crippen molar-refractivity contribution in [1.82, 2.24) is 4.57 Å². The number of nitrogens with two attached hydrogens (primary N) is 1. The fraction of sp³-hybridized carbons (Fsp3) is 0.0417. The highest BCUT2D eigenvalue weighted by molar-refractivity contribution is 6.08. The number of aromatic nitrogens is 1. The van der Waals surface area contributed by atoms with Crippen LogP contribution >= 0.6 is 0 Å². The van der Waals surface area contributed by atoms with Crippen LogP contribution in [0.3, 0.4) is 0 Å². The number of anilines is 2. The molecule has 32 heavy (non-hydrogen) atoms. The van der Waals surface area contributed by atoms with Gasteiger partial charge in [0.2, 0.25) is 5.91 Å². The summed E-state index contributed by atoms with van der Waals surface area (Å²) < 4.78 is 14.3. The van der Waals surface area contributed by atoms with Crippen LogP contribution in [-0.4, -0.2) is 27.5 Å². The summed E-state index contributed by atoms with van der Waals surface area (Å²) >= 11 is 0. The van der Waals surface area contributed by atoms with Gasteiger partial charge in [0, 0.05) is 29.9 Å². The molecule has 0 aliphatic heterocycles. The molecule has 0 atom stereocenters. The summed E-state index contributed by atoms with van der Waals surface area (Å²) in [5.41, 5.74) is 7.86. The average Bonchev–Trinajstić information content (AvgIpc) is 3.15. The molecule has 1 amide bonds. The fourth-order valence-corrected chi connectivity index (χ4v) is 3.07. The van der Waals surface area contributed by atoms with Crippen molar-refractivity contribution >= 4 is 40.1 Å². The molecule has 7 nitrogen and oxygen atoms in total. The van der Waals surface area contributed by atoms with Crippen molar-refractivity contribution in [3.8, 4) is 0 Å². The van der Waals surface area contributed by atoms with Gasteiger partial charge in [-0.3, -0.25) is 14.2 Å². The monoisotopic (exact) mass is 433 g/mol. The SMILES string of the molecule is CC(=O)n1cc(C(N)=O)c2ccccc21.O=C(O)c1ccc(Nc2cccc(F)c2)cc1. The van der Waals surface area contributed by atoms with Crippen LogP contribution in [0.5, 0.6) is 0 Å². The van der Waals surface area contributed by atoms with E-state index in [2.05, 4.69) is 5.32 Å². The molecule has 0 radical (unpaired) electrons. The average molecular weight is 433 g/mol. The molecule has 0 aliphatic rings. The predicted octanol–water partition coefficient (Wildman–Crippen LogP) is 4.67. The van der Waals surface area contributed by atoms with E-state index in [1.165, 1.54) is 42.0 Å². The van der Waals surface area contributed by atoms with E-state index in [0.717, 1.165) is 0 Å². The normalized spacial score (nSPS) is 10.2. The minimum absolute atomic E-state index is 0.140. The largest absolute Gasteiger partial charge is 0.478 e. The Bertz CT molecular complexity index is 1250. The van der Waals surface area contributed by atoms with E-state index < -0.39 is 11.9 Å². The fourth-order valence-electron chi connectivity index (χ4n) is 3.07. The zero-order chi connectivity index (χ0) is 23.3. The number of rotatable bonds is 4. The number of primary amides is 1. The van der Waals surface area contributed by atoms with E-state index in [4.69, 9.17) is 10.8 Å².